The number of hydrogen-bond acceptors (Lipinski definition) is 3. The topological polar surface area (TPSA) is 45.3 Å². The van der Waals surface area contributed by atoms with E-state index < -0.39 is 0 Å². The molecule has 1 aromatic heterocycles. The number of hydrogen-bond donors (Lipinski definition) is 1. The van der Waals surface area contributed by atoms with Gasteiger partial charge in [-0.25, -0.2) is 0 Å². The van der Waals surface area contributed by atoms with Crippen LogP contribution in [0.2, 0.25) is 0 Å². The standard InChI is InChI=1S/C22H26N2O2/c1-14(2)13-24(4)19-11-6-15(3)20-21(19)23-12-18(22(20)25)16-7-9-17(26-5)10-8-16/h6-12,14H,13H2,1-5H3,(H,23,25). The number of nitrogens with one attached hydrogen (secondary N) is 1. The van der Waals surface area contributed by atoms with Crippen LogP contribution in [0.5, 0.6) is 5.75 Å². The van der Waals surface area contributed by atoms with Crippen LogP contribution >= 0.6 is 0 Å². The van der Waals surface area contributed by atoms with Gasteiger partial charge < -0.3 is 14.6 Å². The lowest BCUT2D eigenvalue weighted by Crippen LogP contribution is -2.23. The molecule has 0 atom stereocenters. The molecule has 0 saturated heterocycles. The van der Waals surface area contributed by atoms with Gasteiger partial charge in [0.25, 0.3) is 0 Å². The zero-order valence-electron chi connectivity index (χ0n) is 16.1. The highest BCUT2D eigenvalue weighted by Crippen LogP contribution is 2.28. The van der Waals surface area contributed by atoms with Gasteiger partial charge in [-0.3, -0.25) is 4.79 Å². The molecule has 1 N–H and O–H groups in total. The van der Waals surface area contributed by atoms with E-state index in [1.165, 1.54) is 0 Å². The van der Waals surface area contributed by atoms with Crippen molar-refractivity contribution >= 4 is 16.6 Å². The van der Waals surface area contributed by atoms with Gasteiger partial charge in [0.2, 0.25) is 0 Å². The molecule has 1 heterocycles. The second-order valence-electron chi connectivity index (χ2n) is 7.19. The van der Waals surface area contributed by atoms with Crippen molar-refractivity contribution in [2.45, 2.75) is 20.8 Å². The average Bonchev–Trinajstić information content (AvgIpc) is 2.61. The minimum Gasteiger partial charge on any atom is -0.497 e. The number of benzene rings is 2. The van der Waals surface area contributed by atoms with Crippen LogP contribution in [0.4, 0.5) is 5.69 Å². The Bertz CT molecular complexity index is 972. The van der Waals surface area contributed by atoms with Crippen LogP contribution in [0, 0.1) is 12.8 Å². The van der Waals surface area contributed by atoms with E-state index in [0.29, 0.717) is 11.5 Å². The molecule has 0 aliphatic carbocycles. The summed E-state index contributed by atoms with van der Waals surface area (Å²) in [5.74, 6) is 1.32. The van der Waals surface area contributed by atoms with Crippen molar-refractivity contribution in [2.24, 2.45) is 5.92 Å². The maximum absolute atomic E-state index is 13.2. The molecule has 0 radical (unpaired) electrons. The number of aromatic amines is 1. The number of pyridine rings is 1. The number of nitrogens with zero attached hydrogens (tertiary/aromatic N) is 1. The Kier molecular flexibility index (Phi) is 5.03. The Labute approximate surface area is 154 Å². The van der Waals surface area contributed by atoms with E-state index in [2.05, 4.69) is 36.8 Å². The van der Waals surface area contributed by atoms with E-state index in [9.17, 15) is 4.79 Å². The summed E-state index contributed by atoms with van der Waals surface area (Å²) in [7, 11) is 3.70. The highest BCUT2D eigenvalue weighted by atomic mass is 16.5. The van der Waals surface area contributed by atoms with Gasteiger partial charge in [-0.15, -0.1) is 0 Å². The number of fused-ring (bicyclic) bond motifs is 1. The van der Waals surface area contributed by atoms with Gasteiger partial charge in [0.05, 0.1) is 23.7 Å². The minimum absolute atomic E-state index is 0.0567. The molecule has 0 amide bonds. The molecule has 4 heteroatoms. The van der Waals surface area contributed by atoms with Crippen molar-refractivity contribution in [1.29, 1.82) is 0 Å². The van der Waals surface area contributed by atoms with E-state index in [1.807, 2.05) is 43.5 Å². The molecule has 2 aromatic carbocycles. The lowest BCUT2D eigenvalue weighted by molar-refractivity contribution is 0.415. The second kappa shape index (κ2) is 7.24. The molecule has 0 fully saturated rings. The summed E-state index contributed by atoms with van der Waals surface area (Å²) in [5.41, 5.74) is 4.55. The van der Waals surface area contributed by atoms with Crippen molar-refractivity contribution in [2.75, 3.05) is 25.6 Å². The summed E-state index contributed by atoms with van der Waals surface area (Å²) in [6, 6.07) is 11.7. The molecule has 0 aliphatic heterocycles. The monoisotopic (exact) mass is 350 g/mol. The predicted molar refractivity (Wildman–Crippen MR) is 109 cm³/mol. The number of aromatic nitrogens is 1. The largest absolute Gasteiger partial charge is 0.497 e. The molecule has 0 spiro atoms. The predicted octanol–water partition coefficient (Wildman–Crippen LogP) is 4.60. The number of anilines is 1. The zero-order valence-corrected chi connectivity index (χ0v) is 16.1. The molecule has 0 unspecified atom stereocenters. The normalized spacial score (nSPS) is 11.2. The van der Waals surface area contributed by atoms with Crippen LogP contribution in [0.15, 0.2) is 47.4 Å². The summed E-state index contributed by atoms with van der Waals surface area (Å²) < 4.78 is 5.21. The van der Waals surface area contributed by atoms with E-state index in [0.717, 1.165) is 40.0 Å². The maximum Gasteiger partial charge on any atom is 0.197 e. The minimum atomic E-state index is 0.0567. The molecule has 0 saturated carbocycles. The lowest BCUT2D eigenvalue weighted by Gasteiger charge is -2.23. The van der Waals surface area contributed by atoms with Gasteiger partial charge in [0.15, 0.2) is 5.43 Å². The summed E-state index contributed by atoms with van der Waals surface area (Å²) in [5, 5.41) is 0.756. The van der Waals surface area contributed by atoms with E-state index in [4.69, 9.17) is 4.74 Å². The fourth-order valence-corrected chi connectivity index (χ4v) is 3.43. The Morgan fingerprint density at radius 3 is 2.42 bits per heavy atom. The summed E-state index contributed by atoms with van der Waals surface area (Å²) in [6.45, 7) is 7.30. The zero-order chi connectivity index (χ0) is 18.8. The van der Waals surface area contributed by atoms with Crippen molar-refractivity contribution in [1.82, 2.24) is 4.98 Å². The first-order valence-corrected chi connectivity index (χ1v) is 8.93. The van der Waals surface area contributed by atoms with Gasteiger partial charge in [0, 0.05) is 25.4 Å². The summed E-state index contributed by atoms with van der Waals surface area (Å²) >= 11 is 0. The molecular formula is C22H26N2O2. The molecule has 4 nitrogen and oxygen atoms in total. The SMILES string of the molecule is COc1ccc(-c2c[nH]c3c(N(C)CC(C)C)ccc(C)c3c2=O)cc1. The lowest BCUT2D eigenvalue weighted by atomic mass is 10.0. The molecule has 26 heavy (non-hydrogen) atoms. The Morgan fingerprint density at radius 1 is 1.12 bits per heavy atom. The molecule has 0 aliphatic rings. The highest BCUT2D eigenvalue weighted by molar-refractivity contribution is 5.95. The van der Waals surface area contributed by atoms with Gasteiger partial charge in [-0.1, -0.05) is 32.0 Å². The van der Waals surface area contributed by atoms with Crippen LogP contribution < -0.4 is 15.1 Å². The molecular weight excluding hydrogens is 324 g/mol. The van der Waals surface area contributed by atoms with Crippen LogP contribution in [0.25, 0.3) is 22.0 Å². The summed E-state index contributed by atoms with van der Waals surface area (Å²) in [4.78, 5) is 18.8. The number of rotatable bonds is 5. The molecule has 136 valence electrons. The second-order valence-corrected chi connectivity index (χ2v) is 7.19. The van der Waals surface area contributed by atoms with Crippen molar-refractivity contribution < 1.29 is 4.74 Å². The molecule has 3 rings (SSSR count). The van der Waals surface area contributed by atoms with Crippen molar-refractivity contribution in [3.8, 4) is 16.9 Å². The average molecular weight is 350 g/mol. The first-order chi connectivity index (χ1) is 12.4. The quantitative estimate of drug-likeness (QED) is 0.731. The molecule has 0 bridgehead atoms. The number of H-pyrrole nitrogens is 1. The Morgan fingerprint density at radius 2 is 1.81 bits per heavy atom. The van der Waals surface area contributed by atoms with E-state index >= 15 is 0 Å². The van der Waals surface area contributed by atoms with Crippen LogP contribution in [-0.2, 0) is 0 Å². The third kappa shape index (κ3) is 3.32. The van der Waals surface area contributed by atoms with Crippen LogP contribution in [0.1, 0.15) is 19.4 Å². The Balaban J connectivity index is 2.17. The van der Waals surface area contributed by atoms with E-state index in [-0.39, 0.29) is 5.43 Å². The molecule has 3 aromatic rings. The number of ether oxygens (including phenoxy) is 1. The highest BCUT2D eigenvalue weighted by Gasteiger charge is 2.15. The van der Waals surface area contributed by atoms with Crippen molar-refractivity contribution in [3.63, 3.8) is 0 Å². The third-order valence-electron chi connectivity index (χ3n) is 4.68. The maximum atomic E-state index is 13.2. The first kappa shape index (κ1) is 18.1. The Hall–Kier alpha value is -2.75. The van der Waals surface area contributed by atoms with Gasteiger partial charge >= 0.3 is 0 Å². The van der Waals surface area contributed by atoms with Crippen LogP contribution in [-0.4, -0.2) is 25.7 Å². The smallest absolute Gasteiger partial charge is 0.197 e. The fourth-order valence-electron chi connectivity index (χ4n) is 3.43. The van der Waals surface area contributed by atoms with E-state index in [1.54, 1.807) is 7.11 Å². The third-order valence-corrected chi connectivity index (χ3v) is 4.68. The first-order valence-electron chi connectivity index (χ1n) is 8.93. The van der Waals surface area contributed by atoms with Gasteiger partial charge in [-0.2, -0.15) is 0 Å². The summed E-state index contributed by atoms with van der Waals surface area (Å²) in [6.07, 6.45) is 1.82. The van der Waals surface area contributed by atoms with Crippen LogP contribution in [0.3, 0.4) is 0 Å². The van der Waals surface area contributed by atoms with Crippen molar-refractivity contribution in [3.05, 3.63) is 58.4 Å². The number of aryl methyl sites for hydroxylation is 1. The fraction of sp³-hybridized carbons (Fsp3) is 0.318. The van der Waals surface area contributed by atoms with Gasteiger partial charge in [-0.05, 0) is 42.2 Å². The van der Waals surface area contributed by atoms with Gasteiger partial charge in [0.1, 0.15) is 5.75 Å². The number of methoxy groups -OCH3 is 1.